The highest BCUT2D eigenvalue weighted by Gasteiger charge is 2.26. The van der Waals surface area contributed by atoms with E-state index in [1.165, 1.54) is 6.92 Å². The summed E-state index contributed by atoms with van der Waals surface area (Å²) < 4.78 is 17.6. The van der Waals surface area contributed by atoms with E-state index in [9.17, 15) is 4.39 Å². The van der Waals surface area contributed by atoms with Gasteiger partial charge in [0.2, 0.25) is 0 Å². The highest BCUT2D eigenvalue weighted by atomic mass is 19.1. The molecule has 0 aromatic heterocycles. The number of alkyl halides is 1. The third-order valence-corrected chi connectivity index (χ3v) is 1.58. The Morgan fingerprint density at radius 1 is 1.44 bits per heavy atom. The monoisotopic (exact) mass is 132 g/mol. The van der Waals surface area contributed by atoms with Crippen molar-refractivity contribution >= 4 is 0 Å². The standard InChI is InChI=1S/C7H13FO/c1-5(8)6(2)9-7-3-4-7/h5-7H,3-4H2,1-2H3/t5-,6?/m0/s1. The van der Waals surface area contributed by atoms with Crippen molar-refractivity contribution in [3.05, 3.63) is 0 Å². The second kappa shape index (κ2) is 2.65. The highest BCUT2D eigenvalue weighted by molar-refractivity contribution is 4.75. The maximum Gasteiger partial charge on any atom is 0.123 e. The van der Waals surface area contributed by atoms with Crippen molar-refractivity contribution < 1.29 is 9.13 Å². The molecule has 0 aromatic rings. The number of hydrogen-bond donors (Lipinski definition) is 0. The molecule has 0 spiro atoms. The molecular formula is C7H13FO. The lowest BCUT2D eigenvalue weighted by Gasteiger charge is -2.12. The summed E-state index contributed by atoms with van der Waals surface area (Å²) >= 11 is 0. The van der Waals surface area contributed by atoms with E-state index in [4.69, 9.17) is 4.74 Å². The third kappa shape index (κ3) is 2.31. The van der Waals surface area contributed by atoms with E-state index in [0.717, 1.165) is 12.8 Å². The Bertz CT molecular complexity index is 88.9. The molecule has 2 heteroatoms. The van der Waals surface area contributed by atoms with Crippen LogP contribution >= 0.6 is 0 Å². The molecule has 0 saturated heterocycles. The van der Waals surface area contributed by atoms with Gasteiger partial charge >= 0.3 is 0 Å². The second-order valence-corrected chi connectivity index (χ2v) is 2.72. The molecule has 2 atom stereocenters. The zero-order valence-corrected chi connectivity index (χ0v) is 5.93. The Hall–Kier alpha value is -0.110. The summed E-state index contributed by atoms with van der Waals surface area (Å²) in [4.78, 5) is 0. The molecule has 0 amide bonds. The molecule has 0 aliphatic heterocycles. The van der Waals surface area contributed by atoms with E-state index in [1.54, 1.807) is 6.92 Å². The summed E-state index contributed by atoms with van der Waals surface area (Å²) in [5.41, 5.74) is 0. The zero-order chi connectivity index (χ0) is 6.85. The van der Waals surface area contributed by atoms with Gasteiger partial charge in [-0.05, 0) is 26.7 Å². The van der Waals surface area contributed by atoms with Crippen molar-refractivity contribution in [2.45, 2.75) is 45.1 Å². The minimum atomic E-state index is -0.828. The van der Waals surface area contributed by atoms with Crippen LogP contribution in [0.15, 0.2) is 0 Å². The van der Waals surface area contributed by atoms with Crippen LogP contribution in [-0.4, -0.2) is 18.4 Å². The van der Waals surface area contributed by atoms with Gasteiger partial charge in [-0.3, -0.25) is 0 Å². The van der Waals surface area contributed by atoms with Crippen LogP contribution in [-0.2, 0) is 4.74 Å². The summed E-state index contributed by atoms with van der Waals surface area (Å²) in [5.74, 6) is 0. The maximum absolute atomic E-state index is 12.4. The Labute approximate surface area is 55.2 Å². The smallest absolute Gasteiger partial charge is 0.123 e. The maximum atomic E-state index is 12.4. The average Bonchev–Trinajstić information content (AvgIpc) is 2.50. The summed E-state index contributed by atoms with van der Waals surface area (Å²) in [7, 11) is 0. The number of halogens is 1. The molecule has 0 heterocycles. The third-order valence-electron chi connectivity index (χ3n) is 1.58. The van der Waals surface area contributed by atoms with E-state index in [1.807, 2.05) is 0 Å². The van der Waals surface area contributed by atoms with E-state index in [2.05, 4.69) is 0 Å². The lowest BCUT2D eigenvalue weighted by Crippen LogP contribution is -2.19. The van der Waals surface area contributed by atoms with Gasteiger partial charge in [0.05, 0.1) is 12.2 Å². The van der Waals surface area contributed by atoms with Gasteiger partial charge in [-0.1, -0.05) is 0 Å². The molecule has 1 fully saturated rings. The van der Waals surface area contributed by atoms with E-state index < -0.39 is 6.17 Å². The Balaban J connectivity index is 2.09. The molecule has 1 aliphatic rings. The topological polar surface area (TPSA) is 9.23 Å². The van der Waals surface area contributed by atoms with Crippen molar-refractivity contribution in [3.63, 3.8) is 0 Å². The SMILES string of the molecule is CC(OC1CC1)[C@H](C)F. The minimum Gasteiger partial charge on any atom is -0.372 e. The van der Waals surface area contributed by atoms with Crippen molar-refractivity contribution in [2.75, 3.05) is 0 Å². The lowest BCUT2D eigenvalue weighted by atomic mass is 10.3. The molecule has 1 rings (SSSR count). The molecule has 0 bridgehead atoms. The fraction of sp³-hybridized carbons (Fsp3) is 1.00. The largest absolute Gasteiger partial charge is 0.372 e. The molecule has 54 valence electrons. The predicted molar refractivity (Wildman–Crippen MR) is 34.1 cm³/mol. The number of hydrogen-bond acceptors (Lipinski definition) is 1. The van der Waals surface area contributed by atoms with Crippen LogP contribution < -0.4 is 0 Å². The van der Waals surface area contributed by atoms with Crippen LogP contribution in [0.2, 0.25) is 0 Å². The second-order valence-electron chi connectivity index (χ2n) is 2.72. The van der Waals surface area contributed by atoms with Crippen LogP contribution in [0.5, 0.6) is 0 Å². The van der Waals surface area contributed by atoms with Crippen molar-refractivity contribution in [1.82, 2.24) is 0 Å². The van der Waals surface area contributed by atoms with E-state index in [-0.39, 0.29) is 6.10 Å². The van der Waals surface area contributed by atoms with Crippen LogP contribution in [0.1, 0.15) is 26.7 Å². The summed E-state index contributed by atoms with van der Waals surface area (Å²) in [5, 5.41) is 0. The van der Waals surface area contributed by atoms with Crippen molar-refractivity contribution in [1.29, 1.82) is 0 Å². The fourth-order valence-corrected chi connectivity index (χ4v) is 0.616. The van der Waals surface area contributed by atoms with E-state index in [0.29, 0.717) is 6.10 Å². The molecule has 0 N–H and O–H groups in total. The molecule has 0 radical (unpaired) electrons. The molecule has 9 heavy (non-hydrogen) atoms. The normalized spacial score (nSPS) is 25.7. The Morgan fingerprint density at radius 3 is 2.33 bits per heavy atom. The van der Waals surface area contributed by atoms with Gasteiger partial charge in [-0.25, -0.2) is 4.39 Å². The molecular weight excluding hydrogens is 119 g/mol. The van der Waals surface area contributed by atoms with Gasteiger partial charge < -0.3 is 4.74 Å². The average molecular weight is 132 g/mol. The zero-order valence-electron chi connectivity index (χ0n) is 5.93. The summed E-state index contributed by atoms with van der Waals surface area (Å²) in [6.45, 7) is 3.32. The van der Waals surface area contributed by atoms with Gasteiger partial charge in [-0.15, -0.1) is 0 Å². The molecule has 0 aromatic carbocycles. The first kappa shape index (κ1) is 7.00. The highest BCUT2D eigenvalue weighted by Crippen LogP contribution is 2.25. The Kier molecular flexibility index (Phi) is 2.06. The quantitative estimate of drug-likeness (QED) is 0.570. The molecule has 1 saturated carbocycles. The Morgan fingerprint density at radius 2 is 2.00 bits per heavy atom. The van der Waals surface area contributed by atoms with Gasteiger partial charge in [0.25, 0.3) is 0 Å². The predicted octanol–water partition coefficient (Wildman–Crippen LogP) is 1.91. The van der Waals surface area contributed by atoms with Crippen molar-refractivity contribution in [2.24, 2.45) is 0 Å². The van der Waals surface area contributed by atoms with Gasteiger partial charge in [0, 0.05) is 0 Å². The first-order chi connectivity index (χ1) is 4.20. The van der Waals surface area contributed by atoms with Crippen LogP contribution in [0.3, 0.4) is 0 Å². The van der Waals surface area contributed by atoms with Gasteiger partial charge in [0.15, 0.2) is 0 Å². The van der Waals surface area contributed by atoms with Crippen molar-refractivity contribution in [3.8, 4) is 0 Å². The molecule has 1 aliphatic carbocycles. The van der Waals surface area contributed by atoms with E-state index >= 15 is 0 Å². The van der Waals surface area contributed by atoms with Crippen LogP contribution in [0.4, 0.5) is 4.39 Å². The summed E-state index contributed by atoms with van der Waals surface area (Å²) in [6, 6.07) is 0. The van der Waals surface area contributed by atoms with Crippen LogP contribution in [0, 0.1) is 0 Å². The fourth-order valence-electron chi connectivity index (χ4n) is 0.616. The minimum absolute atomic E-state index is 0.211. The summed E-state index contributed by atoms with van der Waals surface area (Å²) in [6.07, 6.45) is 1.58. The lowest BCUT2D eigenvalue weighted by molar-refractivity contribution is 0.00530. The first-order valence-electron chi connectivity index (χ1n) is 3.49. The molecule has 1 nitrogen and oxygen atoms in total. The van der Waals surface area contributed by atoms with Gasteiger partial charge in [0.1, 0.15) is 6.17 Å². The van der Waals surface area contributed by atoms with Gasteiger partial charge in [-0.2, -0.15) is 0 Å². The molecule has 1 unspecified atom stereocenters. The number of rotatable bonds is 3. The van der Waals surface area contributed by atoms with Crippen LogP contribution in [0.25, 0.3) is 0 Å². The first-order valence-corrected chi connectivity index (χ1v) is 3.49. The number of ether oxygens (including phenoxy) is 1.